The molecule has 0 aromatic heterocycles. The Morgan fingerprint density at radius 1 is 1.21 bits per heavy atom. The lowest BCUT2D eigenvalue weighted by Crippen LogP contribution is -2.17. The number of nitrogens with one attached hydrogen (secondary N) is 1. The number of benzene rings is 2. The standard InChI is InChI=1S/C14H11FN2O2/c15-12-3-1-2-11(8-12)14(19)17-16-9-10-4-6-13(18)7-5-10/h1-9,18H,(H,17,19)/b16-9+. The van der Waals surface area contributed by atoms with Crippen LogP contribution in [0, 0.1) is 5.82 Å². The van der Waals surface area contributed by atoms with E-state index in [1.807, 2.05) is 0 Å². The van der Waals surface area contributed by atoms with Gasteiger partial charge in [0.15, 0.2) is 0 Å². The van der Waals surface area contributed by atoms with Crippen LogP contribution in [0.4, 0.5) is 4.39 Å². The second-order valence-electron chi connectivity index (χ2n) is 3.80. The largest absolute Gasteiger partial charge is 0.508 e. The monoisotopic (exact) mass is 258 g/mol. The van der Waals surface area contributed by atoms with Gasteiger partial charge in [0.25, 0.3) is 5.91 Å². The molecule has 19 heavy (non-hydrogen) atoms. The van der Waals surface area contributed by atoms with Crippen molar-refractivity contribution >= 4 is 12.1 Å². The third kappa shape index (κ3) is 3.64. The summed E-state index contributed by atoms with van der Waals surface area (Å²) in [6.07, 6.45) is 1.43. The third-order valence-electron chi connectivity index (χ3n) is 2.36. The quantitative estimate of drug-likeness (QED) is 0.655. The summed E-state index contributed by atoms with van der Waals surface area (Å²) in [5.74, 6) is -0.814. The Labute approximate surface area is 109 Å². The maximum atomic E-state index is 12.9. The zero-order chi connectivity index (χ0) is 13.7. The van der Waals surface area contributed by atoms with Crippen molar-refractivity contribution in [3.63, 3.8) is 0 Å². The Hall–Kier alpha value is -2.69. The first-order valence-electron chi connectivity index (χ1n) is 5.53. The number of rotatable bonds is 3. The number of amides is 1. The number of hydrogen-bond donors (Lipinski definition) is 2. The van der Waals surface area contributed by atoms with Crippen molar-refractivity contribution in [1.29, 1.82) is 0 Å². The van der Waals surface area contributed by atoms with E-state index in [4.69, 9.17) is 5.11 Å². The number of nitrogens with zero attached hydrogens (tertiary/aromatic N) is 1. The molecule has 0 atom stereocenters. The summed E-state index contributed by atoms with van der Waals surface area (Å²) in [6, 6.07) is 11.6. The average molecular weight is 258 g/mol. The number of hydrogen-bond acceptors (Lipinski definition) is 3. The van der Waals surface area contributed by atoms with Crippen LogP contribution < -0.4 is 5.43 Å². The highest BCUT2D eigenvalue weighted by molar-refractivity contribution is 5.94. The van der Waals surface area contributed by atoms with Gasteiger partial charge in [0.05, 0.1) is 6.21 Å². The third-order valence-corrected chi connectivity index (χ3v) is 2.36. The summed E-state index contributed by atoms with van der Waals surface area (Å²) >= 11 is 0. The number of halogens is 1. The molecule has 0 aliphatic heterocycles. The van der Waals surface area contributed by atoms with E-state index in [1.165, 1.54) is 36.5 Å². The predicted molar refractivity (Wildman–Crippen MR) is 69.6 cm³/mol. The Balaban J connectivity index is 1.98. The van der Waals surface area contributed by atoms with Crippen molar-refractivity contribution in [3.05, 3.63) is 65.5 Å². The Bertz CT molecular complexity index is 609. The average Bonchev–Trinajstić information content (AvgIpc) is 2.41. The molecule has 2 aromatic rings. The van der Waals surface area contributed by atoms with Gasteiger partial charge < -0.3 is 5.11 Å². The first kappa shape index (κ1) is 12.8. The molecule has 1 amide bonds. The molecule has 0 aliphatic rings. The molecule has 96 valence electrons. The van der Waals surface area contributed by atoms with Gasteiger partial charge in [0, 0.05) is 5.56 Å². The molecular formula is C14H11FN2O2. The van der Waals surface area contributed by atoms with E-state index in [1.54, 1.807) is 12.1 Å². The molecule has 2 N–H and O–H groups in total. The van der Waals surface area contributed by atoms with Crippen molar-refractivity contribution in [1.82, 2.24) is 5.43 Å². The minimum Gasteiger partial charge on any atom is -0.508 e. The van der Waals surface area contributed by atoms with Crippen molar-refractivity contribution in [2.75, 3.05) is 0 Å². The van der Waals surface area contributed by atoms with E-state index >= 15 is 0 Å². The Morgan fingerprint density at radius 2 is 1.95 bits per heavy atom. The first-order chi connectivity index (χ1) is 9.15. The van der Waals surface area contributed by atoms with Crippen LogP contribution in [0.5, 0.6) is 5.75 Å². The summed E-state index contributed by atoms with van der Waals surface area (Å²) in [5, 5.41) is 12.8. The minimum atomic E-state index is -0.491. The van der Waals surface area contributed by atoms with E-state index in [0.717, 1.165) is 11.6 Å². The molecule has 0 radical (unpaired) electrons. The molecular weight excluding hydrogens is 247 g/mol. The van der Waals surface area contributed by atoms with Crippen molar-refractivity contribution in [2.24, 2.45) is 5.10 Å². The number of carbonyl (C=O) groups excluding carboxylic acids is 1. The fraction of sp³-hybridized carbons (Fsp3) is 0. The molecule has 0 spiro atoms. The maximum Gasteiger partial charge on any atom is 0.271 e. The normalized spacial score (nSPS) is 10.6. The van der Waals surface area contributed by atoms with Crippen molar-refractivity contribution in [3.8, 4) is 5.75 Å². The van der Waals surface area contributed by atoms with Crippen LogP contribution >= 0.6 is 0 Å². The smallest absolute Gasteiger partial charge is 0.271 e. The van der Waals surface area contributed by atoms with Crippen molar-refractivity contribution in [2.45, 2.75) is 0 Å². The molecule has 4 nitrogen and oxygen atoms in total. The van der Waals surface area contributed by atoms with Gasteiger partial charge in [-0.1, -0.05) is 6.07 Å². The van der Waals surface area contributed by atoms with Crippen LogP contribution in [-0.4, -0.2) is 17.2 Å². The zero-order valence-corrected chi connectivity index (χ0v) is 9.88. The molecule has 2 rings (SSSR count). The summed E-state index contributed by atoms with van der Waals surface area (Å²) in [6.45, 7) is 0. The zero-order valence-electron chi connectivity index (χ0n) is 9.88. The number of phenolic OH excluding ortho intramolecular Hbond substituents is 1. The fourth-order valence-electron chi connectivity index (χ4n) is 1.42. The van der Waals surface area contributed by atoms with Gasteiger partial charge in [0.1, 0.15) is 11.6 Å². The molecule has 5 heteroatoms. The molecule has 0 saturated heterocycles. The summed E-state index contributed by atoms with van der Waals surface area (Å²) in [4.78, 5) is 11.6. The van der Waals surface area contributed by atoms with Gasteiger partial charge in [-0.3, -0.25) is 4.79 Å². The summed E-state index contributed by atoms with van der Waals surface area (Å²) < 4.78 is 12.9. The number of phenols is 1. The second kappa shape index (κ2) is 5.77. The Morgan fingerprint density at radius 3 is 2.63 bits per heavy atom. The molecule has 2 aromatic carbocycles. The highest BCUT2D eigenvalue weighted by atomic mass is 19.1. The van der Waals surface area contributed by atoms with E-state index in [-0.39, 0.29) is 11.3 Å². The number of carbonyl (C=O) groups is 1. The molecule has 0 heterocycles. The van der Waals surface area contributed by atoms with Crippen LogP contribution in [0.25, 0.3) is 0 Å². The van der Waals surface area contributed by atoms with E-state index in [0.29, 0.717) is 0 Å². The van der Waals surface area contributed by atoms with Crippen LogP contribution in [0.1, 0.15) is 15.9 Å². The number of aromatic hydroxyl groups is 1. The van der Waals surface area contributed by atoms with E-state index < -0.39 is 11.7 Å². The fourth-order valence-corrected chi connectivity index (χ4v) is 1.42. The first-order valence-corrected chi connectivity index (χ1v) is 5.53. The SMILES string of the molecule is O=C(N/N=C/c1ccc(O)cc1)c1cccc(F)c1. The number of hydrazone groups is 1. The summed E-state index contributed by atoms with van der Waals surface area (Å²) in [5.41, 5.74) is 3.21. The minimum absolute atomic E-state index is 0.154. The lowest BCUT2D eigenvalue weighted by molar-refractivity contribution is 0.0954. The van der Waals surface area contributed by atoms with E-state index in [2.05, 4.69) is 10.5 Å². The molecule has 0 fully saturated rings. The van der Waals surface area contributed by atoms with Gasteiger partial charge in [-0.15, -0.1) is 0 Å². The summed E-state index contributed by atoms with van der Waals surface area (Å²) in [7, 11) is 0. The van der Waals surface area contributed by atoms with Gasteiger partial charge in [-0.2, -0.15) is 5.10 Å². The molecule has 0 saturated carbocycles. The highest BCUT2D eigenvalue weighted by Crippen LogP contribution is 2.07. The van der Waals surface area contributed by atoms with Crippen LogP contribution in [0.3, 0.4) is 0 Å². The van der Waals surface area contributed by atoms with Gasteiger partial charge >= 0.3 is 0 Å². The molecule has 0 aliphatic carbocycles. The van der Waals surface area contributed by atoms with Crippen molar-refractivity contribution < 1.29 is 14.3 Å². The molecule has 0 unspecified atom stereocenters. The van der Waals surface area contributed by atoms with Crippen LogP contribution in [0.2, 0.25) is 0 Å². The predicted octanol–water partition coefficient (Wildman–Crippen LogP) is 2.30. The van der Waals surface area contributed by atoms with E-state index in [9.17, 15) is 9.18 Å². The van der Waals surface area contributed by atoms with Gasteiger partial charge in [0.2, 0.25) is 0 Å². The van der Waals surface area contributed by atoms with Gasteiger partial charge in [-0.25, -0.2) is 9.82 Å². The maximum absolute atomic E-state index is 12.9. The van der Waals surface area contributed by atoms with Crippen LogP contribution in [-0.2, 0) is 0 Å². The second-order valence-corrected chi connectivity index (χ2v) is 3.80. The lowest BCUT2D eigenvalue weighted by Gasteiger charge is -1.99. The molecule has 0 bridgehead atoms. The Kier molecular flexibility index (Phi) is 3.87. The lowest BCUT2D eigenvalue weighted by atomic mass is 10.2. The van der Waals surface area contributed by atoms with Crippen LogP contribution in [0.15, 0.2) is 53.6 Å². The highest BCUT2D eigenvalue weighted by Gasteiger charge is 2.04. The van der Waals surface area contributed by atoms with Gasteiger partial charge in [-0.05, 0) is 48.0 Å². The topological polar surface area (TPSA) is 61.7 Å².